The van der Waals surface area contributed by atoms with Gasteiger partial charge in [-0.05, 0) is 43.2 Å². The number of carbonyl (C=O) groups is 2. The Kier molecular flexibility index (Phi) is 3.72. The van der Waals surface area contributed by atoms with Crippen LogP contribution in [0.3, 0.4) is 0 Å². The van der Waals surface area contributed by atoms with E-state index in [0.29, 0.717) is 24.2 Å². The minimum absolute atomic E-state index is 0.184. The largest absolute Gasteiger partial charge is 0.418 e. The number of amides is 2. The van der Waals surface area contributed by atoms with Crippen LogP contribution in [0.15, 0.2) is 18.3 Å². The van der Waals surface area contributed by atoms with Gasteiger partial charge in [0.15, 0.2) is 0 Å². The maximum atomic E-state index is 11.9. The minimum Gasteiger partial charge on any atom is -0.359 e. The number of nitrogens with zero attached hydrogens (tertiary/aromatic N) is 3. The molecule has 2 fully saturated rings. The zero-order valence-electron chi connectivity index (χ0n) is 11.7. The molecule has 1 N–H and O–H groups in total. The van der Waals surface area contributed by atoms with E-state index in [9.17, 15) is 9.59 Å². The third-order valence-corrected chi connectivity index (χ3v) is 4.26. The van der Waals surface area contributed by atoms with E-state index in [1.807, 2.05) is 0 Å². The highest BCUT2D eigenvalue weighted by Crippen LogP contribution is 2.53. The molecule has 0 unspecified atom stereocenters. The highest BCUT2D eigenvalue weighted by atomic mass is 16.6. The SMILES string of the molecule is O=C(NCc1cccnn1)OC(=O)N1CCC2(CC1)CC2. The fraction of sp³-hybridized carbons (Fsp3) is 0.571. The average Bonchev–Trinajstić information content (AvgIpc) is 3.26. The molecule has 7 heteroatoms. The topological polar surface area (TPSA) is 84.4 Å². The monoisotopic (exact) mass is 290 g/mol. The zero-order valence-corrected chi connectivity index (χ0v) is 11.7. The number of hydrogen-bond acceptors (Lipinski definition) is 5. The Morgan fingerprint density at radius 1 is 1.29 bits per heavy atom. The van der Waals surface area contributed by atoms with E-state index in [1.54, 1.807) is 23.2 Å². The van der Waals surface area contributed by atoms with Crippen molar-refractivity contribution < 1.29 is 14.3 Å². The minimum atomic E-state index is -0.752. The van der Waals surface area contributed by atoms with Gasteiger partial charge in [0.1, 0.15) is 0 Å². The van der Waals surface area contributed by atoms with Crippen LogP contribution in [0.1, 0.15) is 31.4 Å². The van der Waals surface area contributed by atoms with E-state index in [1.165, 1.54) is 12.8 Å². The maximum absolute atomic E-state index is 11.9. The van der Waals surface area contributed by atoms with Crippen molar-refractivity contribution in [2.75, 3.05) is 13.1 Å². The van der Waals surface area contributed by atoms with E-state index in [0.717, 1.165) is 12.8 Å². The lowest BCUT2D eigenvalue weighted by Crippen LogP contribution is -2.41. The van der Waals surface area contributed by atoms with E-state index >= 15 is 0 Å². The van der Waals surface area contributed by atoms with Crippen LogP contribution in [0.2, 0.25) is 0 Å². The number of nitrogens with one attached hydrogen (secondary N) is 1. The summed E-state index contributed by atoms with van der Waals surface area (Å²) in [4.78, 5) is 25.0. The lowest BCUT2D eigenvalue weighted by molar-refractivity contribution is 0.101. The van der Waals surface area contributed by atoms with Crippen molar-refractivity contribution in [3.8, 4) is 0 Å². The molecular weight excluding hydrogens is 272 g/mol. The lowest BCUT2D eigenvalue weighted by Gasteiger charge is -2.30. The molecule has 7 nitrogen and oxygen atoms in total. The quantitative estimate of drug-likeness (QED) is 0.838. The van der Waals surface area contributed by atoms with Crippen LogP contribution >= 0.6 is 0 Å². The average molecular weight is 290 g/mol. The van der Waals surface area contributed by atoms with Gasteiger partial charge < -0.3 is 15.0 Å². The van der Waals surface area contributed by atoms with Crippen molar-refractivity contribution in [1.82, 2.24) is 20.4 Å². The van der Waals surface area contributed by atoms with Crippen LogP contribution in [-0.2, 0) is 11.3 Å². The summed E-state index contributed by atoms with van der Waals surface area (Å²) in [6.07, 6.45) is 4.81. The zero-order chi connectivity index (χ0) is 14.7. The molecule has 21 heavy (non-hydrogen) atoms. The van der Waals surface area contributed by atoms with Crippen molar-refractivity contribution in [2.24, 2.45) is 5.41 Å². The number of alkyl carbamates (subject to hydrolysis) is 1. The molecule has 1 aliphatic heterocycles. The Labute approximate surface area is 122 Å². The van der Waals surface area contributed by atoms with Crippen LogP contribution in [0, 0.1) is 5.41 Å². The van der Waals surface area contributed by atoms with Crippen LogP contribution in [-0.4, -0.2) is 40.4 Å². The summed E-state index contributed by atoms with van der Waals surface area (Å²) >= 11 is 0. The summed E-state index contributed by atoms with van der Waals surface area (Å²) in [6, 6.07) is 3.46. The first-order valence-corrected chi connectivity index (χ1v) is 7.18. The van der Waals surface area contributed by atoms with Crippen LogP contribution in [0.5, 0.6) is 0 Å². The van der Waals surface area contributed by atoms with Gasteiger partial charge in [-0.15, -0.1) is 0 Å². The second kappa shape index (κ2) is 5.67. The summed E-state index contributed by atoms with van der Waals surface area (Å²) in [7, 11) is 0. The van der Waals surface area contributed by atoms with E-state index < -0.39 is 12.2 Å². The van der Waals surface area contributed by atoms with Gasteiger partial charge in [0.2, 0.25) is 0 Å². The van der Waals surface area contributed by atoms with Gasteiger partial charge in [-0.25, -0.2) is 9.59 Å². The molecule has 0 bridgehead atoms. The summed E-state index contributed by atoms with van der Waals surface area (Å²) in [5.74, 6) is 0. The Morgan fingerprint density at radius 3 is 2.67 bits per heavy atom. The third kappa shape index (κ3) is 3.48. The summed E-state index contributed by atoms with van der Waals surface area (Å²) in [5, 5.41) is 10.0. The molecule has 0 radical (unpaired) electrons. The lowest BCUT2D eigenvalue weighted by atomic mass is 9.94. The number of hydrogen-bond donors (Lipinski definition) is 1. The Morgan fingerprint density at radius 2 is 2.05 bits per heavy atom. The van der Waals surface area contributed by atoms with Gasteiger partial charge in [0.05, 0.1) is 12.2 Å². The van der Waals surface area contributed by atoms with Crippen molar-refractivity contribution in [3.63, 3.8) is 0 Å². The predicted molar refractivity (Wildman–Crippen MR) is 73.2 cm³/mol. The molecule has 1 saturated heterocycles. The van der Waals surface area contributed by atoms with Crippen molar-refractivity contribution in [2.45, 2.75) is 32.2 Å². The molecule has 2 amide bonds. The van der Waals surface area contributed by atoms with Gasteiger partial charge in [-0.3, -0.25) is 0 Å². The molecule has 1 saturated carbocycles. The standard InChI is InChI=1S/C14H18N4O3/c19-12(15-10-11-2-1-7-16-17-11)21-13(20)18-8-5-14(3-4-14)6-9-18/h1-2,7H,3-6,8-10H2,(H,15,19). The summed E-state index contributed by atoms with van der Waals surface area (Å²) < 4.78 is 4.79. The predicted octanol–water partition coefficient (Wildman–Crippen LogP) is 1.70. The normalized spacial score (nSPS) is 19.1. The number of piperidine rings is 1. The number of rotatable bonds is 2. The molecule has 1 spiro atoms. The van der Waals surface area contributed by atoms with Gasteiger partial charge in [0, 0.05) is 19.3 Å². The first-order valence-electron chi connectivity index (χ1n) is 7.18. The fourth-order valence-corrected chi connectivity index (χ4v) is 2.61. The number of likely N-dealkylation sites (tertiary alicyclic amines) is 1. The third-order valence-electron chi connectivity index (χ3n) is 4.26. The maximum Gasteiger partial charge on any atom is 0.418 e. The van der Waals surface area contributed by atoms with Gasteiger partial charge in [0.25, 0.3) is 0 Å². The first-order chi connectivity index (χ1) is 10.2. The first kappa shape index (κ1) is 13.8. The molecule has 0 aromatic carbocycles. The Balaban J connectivity index is 1.41. The highest BCUT2D eigenvalue weighted by molar-refractivity contribution is 5.83. The molecule has 1 aromatic rings. The molecule has 2 heterocycles. The van der Waals surface area contributed by atoms with Crippen molar-refractivity contribution in [1.29, 1.82) is 0 Å². The van der Waals surface area contributed by atoms with E-state index in [2.05, 4.69) is 15.5 Å². The van der Waals surface area contributed by atoms with Crippen molar-refractivity contribution in [3.05, 3.63) is 24.0 Å². The number of carbonyl (C=O) groups excluding carboxylic acids is 2. The van der Waals surface area contributed by atoms with E-state index in [4.69, 9.17) is 4.74 Å². The van der Waals surface area contributed by atoms with Gasteiger partial charge >= 0.3 is 12.2 Å². The van der Waals surface area contributed by atoms with Gasteiger partial charge in [-0.1, -0.05) is 0 Å². The Bertz CT molecular complexity index is 520. The smallest absolute Gasteiger partial charge is 0.359 e. The van der Waals surface area contributed by atoms with Crippen LogP contribution in [0.4, 0.5) is 9.59 Å². The summed E-state index contributed by atoms with van der Waals surface area (Å²) in [6.45, 7) is 1.54. The summed E-state index contributed by atoms with van der Waals surface area (Å²) in [5.41, 5.74) is 1.10. The second-order valence-electron chi connectivity index (χ2n) is 5.71. The molecule has 1 aliphatic carbocycles. The molecule has 1 aromatic heterocycles. The van der Waals surface area contributed by atoms with Crippen LogP contribution in [0.25, 0.3) is 0 Å². The van der Waals surface area contributed by atoms with Gasteiger partial charge in [-0.2, -0.15) is 10.2 Å². The number of aromatic nitrogens is 2. The molecule has 0 atom stereocenters. The Hall–Kier alpha value is -2.18. The molecule has 112 valence electrons. The van der Waals surface area contributed by atoms with Crippen LogP contribution < -0.4 is 5.32 Å². The second-order valence-corrected chi connectivity index (χ2v) is 5.71. The molecular formula is C14H18N4O3. The number of ether oxygens (including phenoxy) is 1. The molecule has 2 aliphatic rings. The van der Waals surface area contributed by atoms with E-state index in [-0.39, 0.29) is 6.54 Å². The molecule has 3 rings (SSSR count). The fourth-order valence-electron chi connectivity index (χ4n) is 2.61. The highest BCUT2D eigenvalue weighted by Gasteiger charge is 2.45. The van der Waals surface area contributed by atoms with Crippen molar-refractivity contribution >= 4 is 12.2 Å².